The Morgan fingerprint density at radius 3 is 2.76 bits per heavy atom. The van der Waals surface area contributed by atoms with Gasteiger partial charge in [-0.1, -0.05) is 22.0 Å². The van der Waals surface area contributed by atoms with Gasteiger partial charge in [0, 0.05) is 16.5 Å². The zero-order chi connectivity index (χ0) is 12.4. The summed E-state index contributed by atoms with van der Waals surface area (Å²) >= 11 is 8.45. The normalized spacial score (nSPS) is 12.5. The monoisotopic (exact) mass is 378 g/mol. The van der Waals surface area contributed by atoms with Gasteiger partial charge in [-0.3, -0.25) is 0 Å². The first-order valence-electron chi connectivity index (χ1n) is 4.84. The number of hydrogen-bond donors (Lipinski definition) is 0. The largest absolute Gasteiger partial charge is 0.496 e. The predicted octanol–water partition coefficient (Wildman–Crippen LogP) is 5.14. The topological polar surface area (TPSA) is 9.23 Å². The SMILES string of the molecule is COc1cc(F)c(Br)cc1C(Br)c1cccs1. The highest BCUT2D eigenvalue weighted by molar-refractivity contribution is 9.10. The van der Waals surface area contributed by atoms with Gasteiger partial charge in [0.1, 0.15) is 11.6 Å². The van der Waals surface area contributed by atoms with Crippen LogP contribution < -0.4 is 4.74 Å². The van der Waals surface area contributed by atoms with Crippen LogP contribution in [0.2, 0.25) is 0 Å². The summed E-state index contributed by atoms with van der Waals surface area (Å²) in [6.45, 7) is 0. The van der Waals surface area contributed by atoms with Gasteiger partial charge in [-0.25, -0.2) is 4.39 Å². The molecule has 0 saturated carbocycles. The third kappa shape index (κ3) is 2.72. The molecule has 5 heteroatoms. The summed E-state index contributed by atoms with van der Waals surface area (Å²) in [7, 11) is 1.54. The van der Waals surface area contributed by atoms with Crippen LogP contribution in [0.1, 0.15) is 15.3 Å². The second-order valence-corrected chi connectivity index (χ2v) is 6.14. The first-order valence-corrected chi connectivity index (χ1v) is 7.42. The van der Waals surface area contributed by atoms with Gasteiger partial charge in [0.15, 0.2) is 0 Å². The number of thiophene rings is 1. The standard InChI is InChI=1S/C12H9Br2FOS/c1-16-10-6-9(15)8(13)5-7(10)12(14)11-3-2-4-17-11/h2-6,12H,1H3. The summed E-state index contributed by atoms with van der Waals surface area (Å²) in [6.07, 6.45) is 0. The van der Waals surface area contributed by atoms with Gasteiger partial charge in [0.05, 0.1) is 16.4 Å². The van der Waals surface area contributed by atoms with E-state index in [-0.39, 0.29) is 10.6 Å². The number of alkyl halides is 1. The van der Waals surface area contributed by atoms with Crippen molar-refractivity contribution >= 4 is 43.2 Å². The maximum absolute atomic E-state index is 13.4. The highest BCUT2D eigenvalue weighted by Gasteiger charge is 2.18. The van der Waals surface area contributed by atoms with E-state index >= 15 is 0 Å². The molecule has 0 saturated heterocycles. The quantitative estimate of drug-likeness (QED) is 0.670. The number of methoxy groups -OCH3 is 1. The van der Waals surface area contributed by atoms with Crippen LogP contribution in [0.3, 0.4) is 0 Å². The molecule has 2 aromatic rings. The van der Waals surface area contributed by atoms with Crippen LogP contribution in [0.25, 0.3) is 0 Å². The smallest absolute Gasteiger partial charge is 0.141 e. The average Bonchev–Trinajstić information content (AvgIpc) is 2.84. The molecule has 0 radical (unpaired) electrons. The summed E-state index contributed by atoms with van der Waals surface area (Å²) < 4.78 is 19.1. The maximum Gasteiger partial charge on any atom is 0.141 e. The lowest BCUT2D eigenvalue weighted by atomic mass is 10.1. The molecule has 0 bridgehead atoms. The van der Waals surface area contributed by atoms with Gasteiger partial charge < -0.3 is 4.74 Å². The van der Waals surface area contributed by atoms with Crippen molar-refractivity contribution in [3.8, 4) is 5.75 Å². The van der Waals surface area contributed by atoms with Gasteiger partial charge in [-0.2, -0.15) is 0 Å². The Labute approximate surface area is 120 Å². The van der Waals surface area contributed by atoms with Crippen LogP contribution in [0.15, 0.2) is 34.1 Å². The van der Waals surface area contributed by atoms with E-state index < -0.39 is 0 Å². The van der Waals surface area contributed by atoms with E-state index in [1.807, 2.05) is 17.5 Å². The first kappa shape index (κ1) is 13.1. The molecule has 0 fully saturated rings. The Kier molecular flexibility index (Phi) is 4.22. The van der Waals surface area contributed by atoms with Gasteiger partial charge in [0.25, 0.3) is 0 Å². The van der Waals surface area contributed by atoms with E-state index in [2.05, 4.69) is 31.9 Å². The summed E-state index contributed by atoms with van der Waals surface area (Å²) in [4.78, 5) is 1.16. The molecule has 17 heavy (non-hydrogen) atoms. The molecule has 0 amide bonds. The molecule has 1 nitrogen and oxygen atoms in total. The summed E-state index contributed by atoms with van der Waals surface area (Å²) in [5, 5.41) is 2.01. The third-order valence-electron chi connectivity index (χ3n) is 2.34. The van der Waals surface area contributed by atoms with Crippen LogP contribution in [0.4, 0.5) is 4.39 Å². The molecule has 1 atom stereocenters. The molecule has 2 rings (SSSR count). The number of benzene rings is 1. The van der Waals surface area contributed by atoms with Crippen LogP contribution in [-0.4, -0.2) is 7.11 Å². The molecule has 1 aromatic carbocycles. The minimum Gasteiger partial charge on any atom is -0.496 e. The number of hydrogen-bond acceptors (Lipinski definition) is 2. The fourth-order valence-corrected chi connectivity index (χ4v) is 3.42. The lowest BCUT2D eigenvalue weighted by Crippen LogP contribution is -1.97. The van der Waals surface area contributed by atoms with Crippen molar-refractivity contribution in [2.24, 2.45) is 0 Å². The maximum atomic E-state index is 13.4. The van der Waals surface area contributed by atoms with Gasteiger partial charge in [0.2, 0.25) is 0 Å². The zero-order valence-corrected chi connectivity index (χ0v) is 12.9. The first-order chi connectivity index (χ1) is 8.13. The zero-order valence-electron chi connectivity index (χ0n) is 8.91. The average molecular weight is 380 g/mol. The number of halogens is 3. The number of ether oxygens (including phenoxy) is 1. The molecule has 0 aliphatic heterocycles. The van der Waals surface area contributed by atoms with E-state index in [0.717, 1.165) is 10.4 Å². The van der Waals surface area contributed by atoms with E-state index in [9.17, 15) is 4.39 Å². The fourth-order valence-electron chi connectivity index (χ4n) is 1.51. The molecule has 1 aromatic heterocycles. The Balaban J connectivity index is 2.47. The van der Waals surface area contributed by atoms with E-state index in [4.69, 9.17) is 4.74 Å². The van der Waals surface area contributed by atoms with Crippen molar-refractivity contribution < 1.29 is 9.13 Å². The summed E-state index contributed by atoms with van der Waals surface area (Å²) in [5.74, 6) is 0.220. The second-order valence-electron chi connectivity index (χ2n) is 3.39. The molecule has 90 valence electrons. The molecule has 0 spiro atoms. The molecular weight excluding hydrogens is 371 g/mol. The fraction of sp³-hybridized carbons (Fsp3) is 0.167. The molecule has 1 unspecified atom stereocenters. The second kappa shape index (κ2) is 5.50. The van der Waals surface area contributed by atoms with Gasteiger partial charge in [-0.15, -0.1) is 11.3 Å². The van der Waals surface area contributed by atoms with Crippen LogP contribution >= 0.6 is 43.2 Å². The number of rotatable bonds is 3. The van der Waals surface area contributed by atoms with Gasteiger partial charge >= 0.3 is 0 Å². The Bertz CT molecular complexity index is 513. The van der Waals surface area contributed by atoms with Crippen molar-refractivity contribution in [3.63, 3.8) is 0 Å². The van der Waals surface area contributed by atoms with Crippen LogP contribution in [-0.2, 0) is 0 Å². The highest BCUT2D eigenvalue weighted by atomic mass is 79.9. The lowest BCUT2D eigenvalue weighted by Gasteiger charge is -2.14. The van der Waals surface area contributed by atoms with Gasteiger partial charge in [-0.05, 0) is 33.4 Å². The molecule has 0 aliphatic rings. The summed E-state index contributed by atoms with van der Waals surface area (Å²) in [6, 6.07) is 7.15. The molecular formula is C12H9Br2FOS. The van der Waals surface area contributed by atoms with Crippen LogP contribution in [0, 0.1) is 5.82 Å². The van der Waals surface area contributed by atoms with Crippen LogP contribution in [0.5, 0.6) is 5.75 Å². The van der Waals surface area contributed by atoms with Crippen molar-refractivity contribution in [3.05, 3.63) is 50.4 Å². The molecule has 0 N–H and O–H groups in total. The minimum absolute atomic E-state index is 0.00866. The predicted molar refractivity (Wildman–Crippen MR) is 75.7 cm³/mol. The Morgan fingerprint density at radius 2 is 2.18 bits per heavy atom. The van der Waals surface area contributed by atoms with Crippen molar-refractivity contribution in [2.45, 2.75) is 4.83 Å². The van der Waals surface area contributed by atoms with E-state index in [0.29, 0.717) is 10.2 Å². The van der Waals surface area contributed by atoms with E-state index in [1.165, 1.54) is 6.07 Å². The molecule has 0 aliphatic carbocycles. The molecule has 1 heterocycles. The van der Waals surface area contributed by atoms with Crippen molar-refractivity contribution in [2.75, 3.05) is 7.11 Å². The minimum atomic E-state index is -0.323. The Hall–Kier alpha value is -0.390. The lowest BCUT2D eigenvalue weighted by molar-refractivity contribution is 0.406. The Morgan fingerprint density at radius 1 is 1.41 bits per heavy atom. The third-order valence-corrected chi connectivity index (χ3v) is 5.17. The van der Waals surface area contributed by atoms with E-state index in [1.54, 1.807) is 24.5 Å². The highest BCUT2D eigenvalue weighted by Crippen LogP contribution is 2.40. The summed E-state index contributed by atoms with van der Waals surface area (Å²) in [5.41, 5.74) is 0.906. The van der Waals surface area contributed by atoms with Crippen molar-refractivity contribution in [1.29, 1.82) is 0 Å². The van der Waals surface area contributed by atoms with Crippen molar-refractivity contribution in [1.82, 2.24) is 0 Å².